The van der Waals surface area contributed by atoms with E-state index >= 15 is 0 Å². The molecule has 2 aromatic carbocycles. The molecule has 196 valence electrons. The summed E-state index contributed by atoms with van der Waals surface area (Å²) < 4.78 is 18.3. The monoisotopic (exact) mass is 598 g/mol. The van der Waals surface area contributed by atoms with Crippen LogP contribution in [0.5, 0.6) is 11.5 Å². The van der Waals surface area contributed by atoms with Gasteiger partial charge in [0.15, 0.2) is 4.80 Å². The fourth-order valence-electron chi connectivity index (χ4n) is 4.01. The summed E-state index contributed by atoms with van der Waals surface area (Å²) in [6.07, 6.45) is 1.62. The Morgan fingerprint density at radius 2 is 1.76 bits per heavy atom. The van der Waals surface area contributed by atoms with Gasteiger partial charge in [-0.25, -0.2) is 9.79 Å². The highest BCUT2D eigenvalue weighted by Gasteiger charge is 2.33. The van der Waals surface area contributed by atoms with E-state index in [1.54, 1.807) is 62.4 Å². The smallest absolute Gasteiger partial charge is 0.338 e. The number of nitrogens with zero attached hydrogens (tertiary/aromatic N) is 2. The third kappa shape index (κ3) is 5.68. The van der Waals surface area contributed by atoms with Crippen molar-refractivity contribution in [3.8, 4) is 11.5 Å². The number of esters is 3. The molecule has 0 aliphatic carbocycles. The van der Waals surface area contributed by atoms with E-state index in [-0.39, 0.29) is 17.7 Å². The Morgan fingerprint density at radius 3 is 2.39 bits per heavy atom. The highest BCUT2D eigenvalue weighted by molar-refractivity contribution is 9.10. The van der Waals surface area contributed by atoms with E-state index in [1.807, 2.05) is 0 Å². The van der Waals surface area contributed by atoms with Gasteiger partial charge in [0.25, 0.3) is 5.56 Å². The second-order valence-corrected chi connectivity index (χ2v) is 10.2. The number of hydrogen-bond acceptors (Lipinski definition) is 9. The van der Waals surface area contributed by atoms with Crippen molar-refractivity contribution in [2.24, 2.45) is 4.99 Å². The van der Waals surface area contributed by atoms with Gasteiger partial charge in [0.05, 0.1) is 28.5 Å². The second kappa shape index (κ2) is 11.3. The maximum atomic E-state index is 13.8. The zero-order valence-corrected chi connectivity index (χ0v) is 23.3. The molecule has 11 heteroatoms. The number of allylic oxidation sites excluding steroid dienone is 1. The van der Waals surface area contributed by atoms with E-state index < -0.39 is 23.9 Å². The number of halogens is 1. The van der Waals surface area contributed by atoms with E-state index in [9.17, 15) is 19.2 Å². The van der Waals surface area contributed by atoms with Gasteiger partial charge in [0.2, 0.25) is 0 Å². The second-order valence-electron chi connectivity index (χ2n) is 8.24. The van der Waals surface area contributed by atoms with Gasteiger partial charge in [0.1, 0.15) is 11.5 Å². The van der Waals surface area contributed by atoms with Crippen molar-refractivity contribution >= 4 is 51.3 Å². The first-order valence-corrected chi connectivity index (χ1v) is 13.2. The Balaban J connectivity index is 1.92. The number of hydrogen-bond donors (Lipinski definition) is 0. The van der Waals surface area contributed by atoms with Crippen molar-refractivity contribution in [3.63, 3.8) is 0 Å². The lowest BCUT2D eigenvalue weighted by Crippen LogP contribution is -2.39. The average Bonchev–Trinajstić information content (AvgIpc) is 3.14. The van der Waals surface area contributed by atoms with Gasteiger partial charge in [-0.05, 0) is 55.8 Å². The Hall–Kier alpha value is -3.83. The van der Waals surface area contributed by atoms with Gasteiger partial charge in [-0.3, -0.25) is 19.0 Å². The number of carbonyl (C=O) groups is 3. The molecule has 0 fully saturated rings. The quantitative estimate of drug-likeness (QED) is 0.315. The summed E-state index contributed by atoms with van der Waals surface area (Å²) in [5.74, 6) is -0.904. The lowest BCUT2D eigenvalue weighted by Gasteiger charge is -2.24. The van der Waals surface area contributed by atoms with Gasteiger partial charge in [-0.15, -0.1) is 0 Å². The first-order chi connectivity index (χ1) is 18.1. The normalized spacial score (nSPS) is 15.0. The molecule has 1 atom stereocenters. The first kappa shape index (κ1) is 27.2. The molecule has 0 unspecified atom stereocenters. The molecule has 1 aliphatic heterocycles. The molecule has 0 saturated heterocycles. The molecule has 0 amide bonds. The van der Waals surface area contributed by atoms with Crippen molar-refractivity contribution in [3.05, 3.63) is 89.0 Å². The maximum Gasteiger partial charge on any atom is 0.338 e. The fraction of sp³-hybridized carbons (Fsp3) is 0.222. The maximum absolute atomic E-state index is 13.8. The summed E-state index contributed by atoms with van der Waals surface area (Å²) >= 11 is 4.56. The molecule has 0 radical (unpaired) electrons. The minimum absolute atomic E-state index is 0.153. The summed E-state index contributed by atoms with van der Waals surface area (Å²) in [5, 5.41) is 0. The third-order valence-electron chi connectivity index (χ3n) is 5.49. The van der Waals surface area contributed by atoms with Crippen molar-refractivity contribution in [1.29, 1.82) is 0 Å². The van der Waals surface area contributed by atoms with Gasteiger partial charge >= 0.3 is 17.9 Å². The largest absolute Gasteiger partial charge is 0.463 e. The zero-order valence-electron chi connectivity index (χ0n) is 20.9. The predicted molar refractivity (Wildman–Crippen MR) is 144 cm³/mol. The number of benzene rings is 2. The Morgan fingerprint density at radius 1 is 1.08 bits per heavy atom. The van der Waals surface area contributed by atoms with Crippen LogP contribution in [0.25, 0.3) is 6.08 Å². The van der Waals surface area contributed by atoms with Crippen molar-refractivity contribution in [1.82, 2.24) is 4.57 Å². The van der Waals surface area contributed by atoms with E-state index in [1.165, 1.54) is 18.4 Å². The lowest BCUT2D eigenvalue weighted by molar-refractivity contribution is -0.139. The molecule has 1 aromatic heterocycles. The van der Waals surface area contributed by atoms with Gasteiger partial charge in [-0.1, -0.05) is 39.4 Å². The Kier molecular flexibility index (Phi) is 8.08. The molecule has 4 rings (SSSR count). The van der Waals surface area contributed by atoms with E-state index in [2.05, 4.69) is 20.9 Å². The molecule has 0 bridgehead atoms. The SMILES string of the molecule is CCOC(=O)C1=C(C)N=c2s/c(=C/c3cc(Br)ccc3OC(C)=O)c(=O)n2[C@@H]1c1ccc(OC(C)=O)cc1. The fourth-order valence-corrected chi connectivity index (χ4v) is 5.43. The summed E-state index contributed by atoms with van der Waals surface area (Å²) in [5.41, 5.74) is 1.39. The summed E-state index contributed by atoms with van der Waals surface area (Å²) in [6.45, 7) is 6.14. The molecule has 3 aromatic rings. The van der Waals surface area contributed by atoms with Gasteiger partial charge < -0.3 is 14.2 Å². The van der Waals surface area contributed by atoms with Crippen LogP contribution < -0.4 is 24.4 Å². The van der Waals surface area contributed by atoms with Crippen LogP contribution in [0.1, 0.15) is 44.9 Å². The molecular weight excluding hydrogens is 576 g/mol. The van der Waals surface area contributed by atoms with Crippen LogP contribution in [0.4, 0.5) is 0 Å². The minimum atomic E-state index is -0.825. The third-order valence-corrected chi connectivity index (χ3v) is 6.96. The molecule has 0 spiro atoms. The van der Waals surface area contributed by atoms with Crippen LogP contribution in [0.3, 0.4) is 0 Å². The topological polar surface area (TPSA) is 113 Å². The Labute approximate surface area is 229 Å². The Bertz CT molecular complexity index is 1650. The summed E-state index contributed by atoms with van der Waals surface area (Å²) in [4.78, 5) is 54.7. The van der Waals surface area contributed by atoms with Gasteiger partial charge in [0, 0.05) is 23.9 Å². The highest BCUT2D eigenvalue weighted by atomic mass is 79.9. The number of ether oxygens (including phenoxy) is 3. The van der Waals surface area contributed by atoms with Crippen LogP contribution in [0, 0.1) is 0 Å². The molecule has 38 heavy (non-hydrogen) atoms. The molecule has 9 nitrogen and oxygen atoms in total. The predicted octanol–water partition coefficient (Wildman–Crippen LogP) is 3.41. The average molecular weight is 599 g/mol. The number of fused-ring (bicyclic) bond motifs is 1. The van der Waals surface area contributed by atoms with Crippen LogP contribution in [-0.4, -0.2) is 29.1 Å². The van der Waals surface area contributed by atoms with Gasteiger partial charge in [-0.2, -0.15) is 0 Å². The molecular formula is C27H23BrN2O7S. The van der Waals surface area contributed by atoms with Crippen LogP contribution >= 0.6 is 27.3 Å². The number of rotatable bonds is 6. The first-order valence-electron chi connectivity index (χ1n) is 11.5. The molecule has 1 aliphatic rings. The summed E-state index contributed by atoms with van der Waals surface area (Å²) in [6, 6.07) is 10.8. The van der Waals surface area contributed by atoms with E-state index in [0.29, 0.717) is 37.7 Å². The lowest BCUT2D eigenvalue weighted by atomic mass is 9.96. The minimum Gasteiger partial charge on any atom is -0.463 e. The van der Waals surface area contributed by atoms with Crippen LogP contribution in [-0.2, 0) is 19.1 Å². The van der Waals surface area contributed by atoms with Crippen molar-refractivity contribution in [2.45, 2.75) is 33.7 Å². The number of thiazole rings is 1. The highest BCUT2D eigenvalue weighted by Crippen LogP contribution is 2.32. The molecule has 0 N–H and O–H groups in total. The zero-order chi connectivity index (χ0) is 27.6. The van der Waals surface area contributed by atoms with Crippen molar-refractivity contribution < 1.29 is 28.6 Å². The number of carbonyl (C=O) groups excluding carboxylic acids is 3. The summed E-state index contributed by atoms with van der Waals surface area (Å²) in [7, 11) is 0. The van der Waals surface area contributed by atoms with E-state index in [4.69, 9.17) is 14.2 Å². The molecule has 2 heterocycles. The number of aromatic nitrogens is 1. The standard InChI is InChI=1S/C27H23BrN2O7S/c1-5-35-26(34)23-14(2)29-27-30(24(23)17-6-9-20(10-7-17)36-15(3)31)25(33)22(38-27)13-18-12-19(28)8-11-21(18)37-16(4)32/h6-13,24H,5H2,1-4H3/b22-13+/t24-/m1/s1. The van der Waals surface area contributed by atoms with E-state index in [0.717, 1.165) is 15.8 Å². The molecule has 0 saturated carbocycles. The van der Waals surface area contributed by atoms with Crippen LogP contribution in [0.2, 0.25) is 0 Å². The van der Waals surface area contributed by atoms with Crippen LogP contribution in [0.15, 0.2) is 68.0 Å². The van der Waals surface area contributed by atoms with Crippen molar-refractivity contribution in [2.75, 3.05) is 6.61 Å².